The molecule has 1 fully saturated rings. The van der Waals surface area contributed by atoms with Crippen LogP contribution >= 0.6 is 0 Å². The maximum absolute atomic E-state index is 11.2. The van der Waals surface area contributed by atoms with Crippen LogP contribution in [-0.2, 0) is 4.74 Å². The van der Waals surface area contributed by atoms with Gasteiger partial charge in [-0.2, -0.15) is 0 Å². The lowest BCUT2D eigenvalue weighted by Crippen LogP contribution is -1.99. The second-order valence-electron chi connectivity index (χ2n) is 5.34. The van der Waals surface area contributed by atoms with Gasteiger partial charge < -0.3 is 4.74 Å². The van der Waals surface area contributed by atoms with Gasteiger partial charge in [0.1, 0.15) is 12.2 Å². The van der Waals surface area contributed by atoms with Crippen LogP contribution in [-0.4, -0.2) is 4.92 Å². The first-order chi connectivity index (χ1) is 9.75. The van der Waals surface area contributed by atoms with Crippen molar-refractivity contribution in [3.63, 3.8) is 0 Å². The van der Waals surface area contributed by atoms with Gasteiger partial charge in [0, 0.05) is 11.5 Å². The molecule has 2 atom stereocenters. The zero-order valence-electron chi connectivity index (χ0n) is 10.4. The highest BCUT2D eigenvalue weighted by Gasteiger charge is 2.46. The molecule has 1 heterocycles. The van der Waals surface area contributed by atoms with Crippen molar-refractivity contribution < 1.29 is 9.66 Å². The predicted molar refractivity (Wildman–Crippen MR) is 74.7 cm³/mol. The zero-order valence-corrected chi connectivity index (χ0v) is 10.4. The summed E-state index contributed by atoms with van der Waals surface area (Å²) in [6.07, 6.45) is 0.192. The van der Waals surface area contributed by atoms with Crippen LogP contribution in [0.1, 0.15) is 23.3 Å². The molecular formula is C16H9NO3. The molecule has 96 valence electrons. The van der Waals surface area contributed by atoms with E-state index < -0.39 is 0 Å². The normalized spacial score (nSPS) is 22.2. The van der Waals surface area contributed by atoms with Crippen molar-refractivity contribution in [1.82, 2.24) is 0 Å². The first-order valence-electron chi connectivity index (χ1n) is 6.54. The highest BCUT2D eigenvalue weighted by Crippen LogP contribution is 2.59. The standard InChI is InChI=1S/C16H9NO3/c18-17(19)12-7-6-11-14-9(12)5-4-8-2-1-3-10(13(8)14)15-16(11)20-15/h1-7,15-16H. The van der Waals surface area contributed by atoms with Crippen molar-refractivity contribution in [1.29, 1.82) is 0 Å². The van der Waals surface area contributed by atoms with Crippen molar-refractivity contribution in [2.75, 3.05) is 0 Å². The highest BCUT2D eigenvalue weighted by atomic mass is 16.6. The van der Waals surface area contributed by atoms with Crippen LogP contribution in [0.3, 0.4) is 0 Å². The number of nitro benzene ring substituents is 1. The summed E-state index contributed by atoms with van der Waals surface area (Å²) in [6, 6.07) is 13.4. The summed E-state index contributed by atoms with van der Waals surface area (Å²) >= 11 is 0. The van der Waals surface area contributed by atoms with Crippen LogP contribution in [0, 0.1) is 10.1 Å². The first-order valence-corrected chi connectivity index (χ1v) is 6.54. The van der Waals surface area contributed by atoms with Gasteiger partial charge in [-0.15, -0.1) is 0 Å². The quantitative estimate of drug-likeness (QED) is 0.288. The Kier molecular flexibility index (Phi) is 1.64. The molecule has 0 saturated carbocycles. The molecule has 4 nitrogen and oxygen atoms in total. The molecule has 0 spiro atoms. The van der Waals surface area contributed by atoms with Crippen molar-refractivity contribution in [3.05, 3.63) is 63.7 Å². The summed E-state index contributed by atoms with van der Waals surface area (Å²) in [5, 5.41) is 15.2. The molecule has 0 aromatic heterocycles. The molecule has 20 heavy (non-hydrogen) atoms. The lowest BCUT2D eigenvalue weighted by Gasteiger charge is -2.15. The molecule has 5 rings (SSSR count). The summed E-state index contributed by atoms with van der Waals surface area (Å²) in [4.78, 5) is 10.9. The van der Waals surface area contributed by atoms with E-state index in [4.69, 9.17) is 4.74 Å². The Balaban J connectivity index is 2.09. The summed E-state index contributed by atoms with van der Waals surface area (Å²) in [6.45, 7) is 0. The minimum atomic E-state index is -0.312. The van der Waals surface area contributed by atoms with Crippen molar-refractivity contribution in [2.45, 2.75) is 12.2 Å². The molecule has 2 aliphatic rings. The fourth-order valence-corrected chi connectivity index (χ4v) is 3.48. The van der Waals surface area contributed by atoms with E-state index in [1.807, 2.05) is 30.3 Å². The Morgan fingerprint density at radius 2 is 1.75 bits per heavy atom. The maximum atomic E-state index is 11.2. The van der Waals surface area contributed by atoms with Gasteiger partial charge in [0.25, 0.3) is 5.69 Å². The SMILES string of the molecule is O=[N+]([O-])c1ccc2c3c1ccc1cccc(c13)C1OC21. The molecule has 0 amide bonds. The number of non-ortho nitro benzene ring substituents is 1. The van der Waals surface area contributed by atoms with Crippen LogP contribution in [0.5, 0.6) is 0 Å². The minimum absolute atomic E-state index is 0.0683. The van der Waals surface area contributed by atoms with Gasteiger partial charge in [0.15, 0.2) is 0 Å². The maximum Gasteiger partial charge on any atom is 0.277 e. The average Bonchev–Trinajstić information content (AvgIpc) is 3.25. The third kappa shape index (κ3) is 1.07. The number of ether oxygens (including phenoxy) is 1. The van der Waals surface area contributed by atoms with Crippen molar-refractivity contribution in [2.24, 2.45) is 0 Å². The lowest BCUT2D eigenvalue weighted by atomic mass is 9.86. The smallest absolute Gasteiger partial charge is 0.277 e. The number of epoxide rings is 1. The van der Waals surface area contributed by atoms with Gasteiger partial charge in [-0.1, -0.05) is 24.3 Å². The van der Waals surface area contributed by atoms with Gasteiger partial charge in [0.05, 0.1) is 10.3 Å². The van der Waals surface area contributed by atoms with E-state index in [-0.39, 0.29) is 22.8 Å². The van der Waals surface area contributed by atoms with E-state index >= 15 is 0 Å². The largest absolute Gasteiger partial charge is 0.359 e. The Morgan fingerprint density at radius 1 is 0.950 bits per heavy atom. The fraction of sp³-hybridized carbons (Fsp3) is 0.125. The van der Waals surface area contributed by atoms with Gasteiger partial charge in [0.2, 0.25) is 0 Å². The number of hydrogen-bond acceptors (Lipinski definition) is 3. The summed E-state index contributed by atoms with van der Waals surface area (Å²) < 4.78 is 5.77. The summed E-state index contributed by atoms with van der Waals surface area (Å²) in [5.74, 6) is 0. The van der Waals surface area contributed by atoms with Gasteiger partial charge in [-0.3, -0.25) is 10.1 Å². The molecule has 1 aliphatic carbocycles. The van der Waals surface area contributed by atoms with Crippen LogP contribution in [0.15, 0.2) is 42.5 Å². The monoisotopic (exact) mass is 263 g/mol. The molecule has 0 bridgehead atoms. The minimum Gasteiger partial charge on any atom is -0.359 e. The van der Waals surface area contributed by atoms with Crippen LogP contribution in [0.25, 0.3) is 21.5 Å². The van der Waals surface area contributed by atoms with Gasteiger partial charge >= 0.3 is 0 Å². The topological polar surface area (TPSA) is 55.7 Å². The Bertz CT molecular complexity index is 932. The van der Waals surface area contributed by atoms with E-state index in [1.165, 1.54) is 0 Å². The Morgan fingerprint density at radius 3 is 2.55 bits per heavy atom. The molecule has 3 aromatic rings. The molecular weight excluding hydrogens is 254 g/mol. The van der Waals surface area contributed by atoms with Crippen molar-refractivity contribution in [3.8, 4) is 0 Å². The number of benzene rings is 3. The average molecular weight is 263 g/mol. The van der Waals surface area contributed by atoms with Crippen LogP contribution in [0.2, 0.25) is 0 Å². The second-order valence-corrected chi connectivity index (χ2v) is 5.34. The van der Waals surface area contributed by atoms with E-state index in [0.29, 0.717) is 5.39 Å². The Labute approximate surface area is 113 Å². The number of nitrogens with zero attached hydrogens (tertiary/aromatic N) is 1. The third-order valence-corrected chi connectivity index (χ3v) is 4.36. The van der Waals surface area contributed by atoms with E-state index in [2.05, 4.69) is 6.07 Å². The van der Waals surface area contributed by atoms with E-state index in [1.54, 1.807) is 6.07 Å². The van der Waals surface area contributed by atoms with E-state index in [9.17, 15) is 10.1 Å². The number of nitro groups is 1. The molecule has 0 radical (unpaired) electrons. The molecule has 4 heteroatoms. The van der Waals surface area contributed by atoms with Crippen molar-refractivity contribution >= 4 is 27.2 Å². The molecule has 2 unspecified atom stereocenters. The third-order valence-electron chi connectivity index (χ3n) is 4.36. The predicted octanol–water partition coefficient (Wildman–Crippen LogP) is 4.03. The zero-order chi connectivity index (χ0) is 13.4. The summed E-state index contributed by atoms with van der Waals surface area (Å²) in [7, 11) is 0. The second kappa shape index (κ2) is 3.16. The van der Waals surface area contributed by atoms with E-state index in [0.717, 1.165) is 27.3 Å². The molecule has 1 aliphatic heterocycles. The molecule has 0 N–H and O–H groups in total. The molecule has 3 aromatic carbocycles. The molecule has 1 saturated heterocycles. The highest BCUT2D eigenvalue weighted by molar-refractivity contribution is 6.14. The number of rotatable bonds is 1. The number of fused-ring (bicyclic) bond motifs is 3. The van der Waals surface area contributed by atoms with Crippen LogP contribution < -0.4 is 0 Å². The number of hydrogen-bond donors (Lipinski definition) is 0. The fourth-order valence-electron chi connectivity index (χ4n) is 3.48. The van der Waals surface area contributed by atoms with Crippen LogP contribution in [0.4, 0.5) is 5.69 Å². The Hall–Kier alpha value is -2.46. The van der Waals surface area contributed by atoms with Gasteiger partial charge in [-0.05, 0) is 34.0 Å². The first kappa shape index (κ1) is 10.3. The van der Waals surface area contributed by atoms with Gasteiger partial charge in [-0.25, -0.2) is 0 Å². The summed E-state index contributed by atoms with van der Waals surface area (Å²) in [5.41, 5.74) is 2.41. The lowest BCUT2D eigenvalue weighted by molar-refractivity contribution is -0.383.